The third-order valence-electron chi connectivity index (χ3n) is 4.69. The van der Waals surface area contributed by atoms with Crippen molar-refractivity contribution < 1.29 is 9.90 Å². The number of nitrogens with zero attached hydrogens (tertiary/aromatic N) is 1. The summed E-state index contributed by atoms with van der Waals surface area (Å²) >= 11 is 0. The Morgan fingerprint density at radius 1 is 1.38 bits per heavy atom. The molecular weight excluding hydrogens is 262 g/mol. The largest absolute Gasteiger partial charge is 0.478 e. The van der Waals surface area contributed by atoms with Gasteiger partial charge in [-0.05, 0) is 48.5 Å². The molecule has 1 fully saturated rings. The van der Waals surface area contributed by atoms with Crippen LogP contribution in [0.25, 0.3) is 6.08 Å². The van der Waals surface area contributed by atoms with Crippen LogP contribution in [0.2, 0.25) is 0 Å². The fourth-order valence-corrected chi connectivity index (χ4v) is 2.83. The summed E-state index contributed by atoms with van der Waals surface area (Å²) in [7, 11) is 0. The number of hydrogen-bond donors (Lipinski definition) is 1. The van der Waals surface area contributed by atoms with Crippen LogP contribution in [0, 0.1) is 5.41 Å². The second kappa shape index (κ2) is 6.90. The zero-order chi connectivity index (χ0) is 15.3. The minimum Gasteiger partial charge on any atom is -0.478 e. The number of carboxylic acids is 1. The molecule has 1 N–H and O–H groups in total. The third-order valence-corrected chi connectivity index (χ3v) is 4.69. The first-order chi connectivity index (χ1) is 10.0. The van der Waals surface area contributed by atoms with Gasteiger partial charge in [0.15, 0.2) is 0 Å². The van der Waals surface area contributed by atoms with Crippen LogP contribution < -0.4 is 0 Å². The van der Waals surface area contributed by atoms with Crippen molar-refractivity contribution in [3.05, 3.63) is 41.5 Å². The second-order valence-electron chi connectivity index (χ2n) is 6.36. The maximum atomic E-state index is 10.6. The van der Waals surface area contributed by atoms with Crippen molar-refractivity contribution in [2.75, 3.05) is 13.1 Å². The molecule has 0 atom stereocenters. The third kappa shape index (κ3) is 4.71. The van der Waals surface area contributed by atoms with Gasteiger partial charge in [0.25, 0.3) is 0 Å². The summed E-state index contributed by atoms with van der Waals surface area (Å²) < 4.78 is 0. The van der Waals surface area contributed by atoms with Crippen molar-refractivity contribution in [2.45, 2.75) is 39.7 Å². The van der Waals surface area contributed by atoms with Crippen molar-refractivity contribution in [1.29, 1.82) is 0 Å². The number of likely N-dealkylation sites (tertiary alicyclic amines) is 1. The predicted octanol–water partition coefficient (Wildman–Crippen LogP) is 3.80. The van der Waals surface area contributed by atoms with Crippen LogP contribution in [0.15, 0.2) is 30.3 Å². The van der Waals surface area contributed by atoms with Crippen LogP contribution in [0.4, 0.5) is 0 Å². The van der Waals surface area contributed by atoms with Crippen molar-refractivity contribution in [3.8, 4) is 0 Å². The molecule has 1 saturated heterocycles. The number of benzene rings is 1. The molecule has 0 amide bonds. The van der Waals surface area contributed by atoms with E-state index in [4.69, 9.17) is 5.11 Å². The summed E-state index contributed by atoms with van der Waals surface area (Å²) in [5.74, 6) is -0.907. The van der Waals surface area contributed by atoms with Gasteiger partial charge in [-0.15, -0.1) is 0 Å². The lowest BCUT2D eigenvalue weighted by molar-refractivity contribution is -0.131. The maximum absolute atomic E-state index is 10.6. The van der Waals surface area contributed by atoms with Crippen molar-refractivity contribution in [1.82, 2.24) is 4.90 Å². The molecule has 0 aromatic heterocycles. The van der Waals surface area contributed by atoms with Crippen molar-refractivity contribution in [2.24, 2.45) is 5.41 Å². The fourth-order valence-electron chi connectivity index (χ4n) is 2.83. The first-order valence-corrected chi connectivity index (χ1v) is 7.73. The molecule has 0 unspecified atom stereocenters. The van der Waals surface area contributed by atoms with E-state index in [-0.39, 0.29) is 0 Å². The molecule has 1 aliphatic rings. The van der Waals surface area contributed by atoms with Crippen LogP contribution in [-0.4, -0.2) is 29.1 Å². The highest BCUT2D eigenvalue weighted by Crippen LogP contribution is 2.34. The topological polar surface area (TPSA) is 40.5 Å². The molecule has 1 heterocycles. The van der Waals surface area contributed by atoms with Crippen molar-refractivity contribution >= 4 is 12.0 Å². The van der Waals surface area contributed by atoms with Gasteiger partial charge in [-0.1, -0.05) is 44.5 Å². The number of rotatable bonds is 5. The highest BCUT2D eigenvalue weighted by Gasteiger charge is 2.27. The number of carboxylic acid groups (broad SMARTS) is 1. The second-order valence-corrected chi connectivity index (χ2v) is 6.36. The van der Waals surface area contributed by atoms with Crippen LogP contribution in [0.5, 0.6) is 0 Å². The van der Waals surface area contributed by atoms with Gasteiger partial charge in [0.05, 0.1) is 0 Å². The van der Waals surface area contributed by atoms with E-state index in [2.05, 4.69) is 30.9 Å². The number of carbonyl (C=O) groups is 1. The predicted molar refractivity (Wildman–Crippen MR) is 86.0 cm³/mol. The first kappa shape index (κ1) is 15.8. The van der Waals surface area contributed by atoms with Crippen molar-refractivity contribution in [3.63, 3.8) is 0 Å². The van der Waals surface area contributed by atoms with Gasteiger partial charge in [-0.25, -0.2) is 4.79 Å². The highest BCUT2D eigenvalue weighted by molar-refractivity contribution is 5.85. The lowest BCUT2D eigenvalue weighted by Gasteiger charge is -2.39. The summed E-state index contributed by atoms with van der Waals surface area (Å²) in [5, 5.41) is 8.68. The Morgan fingerprint density at radius 2 is 2.10 bits per heavy atom. The lowest BCUT2D eigenvalue weighted by atomic mass is 9.78. The van der Waals surface area contributed by atoms with Gasteiger partial charge in [-0.2, -0.15) is 0 Å². The van der Waals surface area contributed by atoms with Crippen LogP contribution in [0.1, 0.15) is 44.2 Å². The maximum Gasteiger partial charge on any atom is 0.328 e. The SMILES string of the molecule is CCC1(C)CCN(Cc2cccc(C=CC(=O)O)c2)CC1. The average Bonchev–Trinajstić information content (AvgIpc) is 2.48. The molecule has 0 bridgehead atoms. The molecule has 3 heteroatoms. The van der Waals surface area contributed by atoms with Gasteiger partial charge in [-0.3, -0.25) is 4.90 Å². The number of hydrogen-bond acceptors (Lipinski definition) is 2. The van der Waals surface area contributed by atoms with E-state index in [1.54, 1.807) is 6.08 Å². The molecular formula is C18H25NO2. The number of piperidine rings is 1. The van der Waals surface area contributed by atoms with Crippen LogP contribution in [0.3, 0.4) is 0 Å². The quantitative estimate of drug-likeness (QED) is 0.837. The van der Waals surface area contributed by atoms with E-state index in [1.807, 2.05) is 12.1 Å². The molecule has 21 heavy (non-hydrogen) atoms. The van der Waals surface area contributed by atoms with Gasteiger partial charge in [0.2, 0.25) is 0 Å². The lowest BCUT2D eigenvalue weighted by Crippen LogP contribution is -2.37. The Balaban J connectivity index is 1.95. The molecule has 0 aliphatic carbocycles. The molecule has 0 spiro atoms. The zero-order valence-corrected chi connectivity index (χ0v) is 13.0. The number of aliphatic carboxylic acids is 1. The summed E-state index contributed by atoms with van der Waals surface area (Å²) in [5.41, 5.74) is 2.72. The van der Waals surface area contributed by atoms with Gasteiger partial charge in [0.1, 0.15) is 0 Å². The summed E-state index contributed by atoms with van der Waals surface area (Å²) in [4.78, 5) is 13.1. The van der Waals surface area contributed by atoms with E-state index in [1.165, 1.54) is 30.9 Å². The van der Waals surface area contributed by atoms with Gasteiger partial charge in [0, 0.05) is 12.6 Å². The molecule has 1 aliphatic heterocycles. The first-order valence-electron chi connectivity index (χ1n) is 7.73. The Kier molecular flexibility index (Phi) is 5.18. The summed E-state index contributed by atoms with van der Waals surface area (Å²) in [6.45, 7) is 7.93. The average molecular weight is 287 g/mol. The Hall–Kier alpha value is -1.61. The van der Waals surface area contributed by atoms with E-state index in [0.29, 0.717) is 5.41 Å². The minimum absolute atomic E-state index is 0.516. The monoisotopic (exact) mass is 287 g/mol. The summed E-state index contributed by atoms with van der Waals surface area (Å²) in [6, 6.07) is 8.13. The molecule has 1 aromatic rings. The molecule has 114 valence electrons. The Bertz CT molecular complexity index is 514. The van der Waals surface area contributed by atoms with E-state index >= 15 is 0 Å². The fraction of sp³-hybridized carbons (Fsp3) is 0.500. The molecule has 2 rings (SSSR count). The summed E-state index contributed by atoms with van der Waals surface area (Å²) in [6.07, 6.45) is 6.63. The zero-order valence-electron chi connectivity index (χ0n) is 13.0. The minimum atomic E-state index is -0.907. The van der Waals surface area contributed by atoms with Crippen LogP contribution in [-0.2, 0) is 11.3 Å². The van der Waals surface area contributed by atoms with E-state index in [9.17, 15) is 4.79 Å². The van der Waals surface area contributed by atoms with Gasteiger partial charge < -0.3 is 5.11 Å². The molecule has 0 saturated carbocycles. The van der Waals surface area contributed by atoms with E-state index in [0.717, 1.165) is 25.2 Å². The molecule has 3 nitrogen and oxygen atoms in total. The Labute approximate surface area is 127 Å². The smallest absolute Gasteiger partial charge is 0.328 e. The molecule has 0 radical (unpaired) electrons. The van der Waals surface area contributed by atoms with Gasteiger partial charge >= 0.3 is 5.97 Å². The van der Waals surface area contributed by atoms with E-state index < -0.39 is 5.97 Å². The van der Waals surface area contributed by atoms with Crippen LogP contribution >= 0.6 is 0 Å². The standard InChI is InChI=1S/C18H25NO2/c1-3-18(2)9-11-19(12-10-18)14-16-6-4-5-15(13-16)7-8-17(20)21/h4-8,13H,3,9-12,14H2,1-2H3,(H,20,21). The highest BCUT2D eigenvalue weighted by atomic mass is 16.4. The molecule has 1 aromatic carbocycles. The normalized spacial score (nSPS) is 19.0. The Morgan fingerprint density at radius 3 is 2.71 bits per heavy atom.